The molecular weight excluding hydrogens is 602 g/mol. The first-order chi connectivity index (χ1) is 18.2. The molecule has 4 aromatic rings. The molecular formula is C33H29Br2NO2. The average molecular weight is 631 g/mol. The largest absolute Gasteiger partial charge is 0.487 e. The Labute approximate surface area is 240 Å². The Balaban J connectivity index is 1.42. The molecule has 38 heavy (non-hydrogen) atoms. The lowest BCUT2D eigenvalue weighted by atomic mass is 9.68. The van der Waals surface area contributed by atoms with Crippen molar-refractivity contribution in [3.8, 4) is 5.75 Å². The van der Waals surface area contributed by atoms with Crippen LogP contribution in [0.25, 0.3) is 16.3 Å². The maximum Gasteiger partial charge on any atom is 0.162 e. The minimum absolute atomic E-state index is 0.0825. The molecule has 1 heterocycles. The summed E-state index contributed by atoms with van der Waals surface area (Å²) in [7, 11) is 0. The van der Waals surface area contributed by atoms with Gasteiger partial charge >= 0.3 is 0 Å². The van der Waals surface area contributed by atoms with Gasteiger partial charge in [-0.25, -0.2) is 0 Å². The van der Waals surface area contributed by atoms with Gasteiger partial charge in [0.1, 0.15) is 12.4 Å². The molecule has 2 aliphatic rings. The third-order valence-corrected chi connectivity index (χ3v) is 8.78. The van der Waals surface area contributed by atoms with Crippen molar-refractivity contribution in [2.75, 3.05) is 5.32 Å². The van der Waals surface area contributed by atoms with Crippen molar-refractivity contribution in [1.29, 1.82) is 0 Å². The summed E-state index contributed by atoms with van der Waals surface area (Å²) in [5, 5.41) is 6.12. The standard InChI is InChI=1S/C33H29Br2NO2/c1-19-8-10-20(11-9-19)18-38-32-25(34)14-22(15-26(32)35)31-30-24(16-33(2,3)17-28(30)37)29-23-7-5-4-6-21(23)12-13-27(29)36-31/h4-15,31,36H,16-18H2,1-3H3/t31-/m1/s1. The van der Waals surface area contributed by atoms with Gasteiger partial charge in [-0.05, 0) is 96.3 Å². The van der Waals surface area contributed by atoms with E-state index in [9.17, 15) is 4.79 Å². The average Bonchev–Trinajstić information content (AvgIpc) is 2.87. The van der Waals surface area contributed by atoms with Gasteiger partial charge in [-0.1, -0.05) is 74.0 Å². The molecule has 0 radical (unpaired) electrons. The van der Waals surface area contributed by atoms with E-state index in [0.717, 1.165) is 43.5 Å². The summed E-state index contributed by atoms with van der Waals surface area (Å²) in [4.78, 5) is 13.7. The highest BCUT2D eigenvalue weighted by Gasteiger charge is 2.41. The minimum Gasteiger partial charge on any atom is -0.487 e. The maximum atomic E-state index is 13.7. The number of nitrogens with one attached hydrogen (secondary N) is 1. The zero-order valence-corrected chi connectivity index (χ0v) is 24.9. The summed E-state index contributed by atoms with van der Waals surface area (Å²) in [6, 6.07) is 25.0. The van der Waals surface area contributed by atoms with Gasteiger partial charge in [0.05, 0.1) is 15.0 Å². The van der Waals surface area contributed by atoms with Crippen LogP contribution in [0.4, 0.5) is 5.69 Å². The Bertz CT molecular complexity index is 1600. The van der Waals surface area contributed by atoms with E-state index in [2.05, 4.69) is 131 Å². The Hall–Kier alpha value is -2.89. The van der Waals surface area contributed by atoms with E-state index in [1.807, 2.05) is 0 Å². The van der Waals surface area contributed by atoms with Crippen LogP contribution in [0.2, 0.25) is 0 Å². The summed E-state index contributed by atoms with van der Waals surface area (Å²) < 4.78 is 7.91. The van der Waals surface area contributed by atoms with Gasteiger partial charge < -0.3 is 10.1 Å². The number of hydrogen-bond acceptors (Lipinski definition) is 3. The zero-order valence-electron chi connectivity index (χ0n) is 21.7. The van der Waals surface area contributed by atoms with Crippen LogP contribution in [0, 0.1) is 12.3 Å². The molecule has 5 heteroatoms. The molecule has 1 N–H and O–H groups in total. The first-order valence-corrected chi connectivity index (χ1v) is 14.5. The number of fused-ring (bicyclic) bond motifs is 4. The third-order valence-electron chi connectivity index (χ3n) is 7.60. The molecule has 0 fully saturated rings. The highest BCUT2D eigenvalue weighted by molar-refractivity contribution is 9.11. The fourth-order valence-corrected chi connectivity index (χ4v) is 7.26. The predicted octanol–water partition coefficient (Wildman–Crippen LogP) is 9.56. The number of Topliss-reactive ketones (excluding diaryl/α,β-unsaturated/α-hetero) is 1. The number of carbonyl (C=O) groups is 1. The van der Waals surface area contributed by atoms with Crippen LogP contribution >= 0.6 is 31.9 Å². The first kappa shape index (κ1) is 25.4. The maximum absolute atomic E-state index is 13.7. The number of allylic oxidation sites excluding steroid dienone is 1. The topological polar surface area (TPSA) is 38.3 Å². The molecule has 192 valence electrons. The van der Waals surface area contributed by atoms with Crippen LogP contribution < -0.4 is 10.1 Å². The molecule has 1 aliphatic heterocycles. The molecule has 4 aromatic carbocycles. The Morgan fingerprint density at radius 1 is 0.947 bits per heavy atom. The van der Waals surface area contributed by atoms with E-state index in [1.54, 1.807) is 0 Å². The normalized spacial score (nSPS) is 18.1. The Morgan fingerprint density at radius 2 is 1.66 bits per heavy atom. The fraction of sp³-hybridized carbons (Fsp3) is 0.242. The van der Waals surface area contributed by atoms with E-state index >= 15 is 0 Å². The summed E-state index contributed by atoms with van der Waals surface area (Å²) in [6.07, 6.45) is 1.41. The molecule has 0 saturated heterocycles. The molecule has 0 aromatic heterocycles. The van der Waals surface area contributed by atoms with Gasteiger partial charge in [-0.3, -0.25) is 4.79 Å². The fourth-order valence-electron chi connectivity index (χ4n) is 5.81. The van der Waals surface area contributed by atoms with Crippen LogP contribution in [0.3, 0.4) is 0 Å². The quantitative estimate of drug-likeness (QED) is 0.244. The van der Waals surface area contributed by atoms with Crippen LogP contribution in [0.1, 0.15) is 55.0 Å². The van der Waals surface area contributed by atoms with Gasteiger partial charge in [0, 0.05) is 23.2 Å². The number of rotatable bonds is 4. The van der Waals surface area contributed by atoms with E-state index in [4.69, 9.17) is 4.74 Å². The van der Waals surface area contributed by atoms with Crippen molar-refractivity contribution in [1.82, 2.24) is 0 Å². The van der Waals surface area contributed by atoms with Crippen molar-refractivity contribution in [2.24, 2.45) is 5.41 Å². The summed E-state index contributed by atoms with van der Waals surface area (Å²) >= 11 is 7.50. The Kier molecular flexibility index (Phi) is 6.48. The molecule has 0 spiro atoms. The van der Waals surface area contributed by atoms with Gasteiger partial charge in [-0.15, -0.1) is 0 Å². The van der Waals surface area contributed by atoms with Crippen molar-refractivity contribution in [3.63, 3.8) is 0 Å². The van der Waals surface area contributed by atoms with Crippen molar-refractivity contribution < 1.29 is 9.53 Å². The van der Waals surface area contributed by atoms with Crippen LogP contribution in [-0.2, 0) is 11.4 Å². The molecule has 1 aliphatic carbocycles. The smallest absolute Gasteiger partial charge is 0.162 e. The van der Waals surface area contributed by atoms with Gasteiger partial charge in [-0.2, -0.15) is 0 Å². The second kappa shape index (κ2) is 9.69. The summed E-state index contributed by atoms with van der Waals surface area (Å²) in [6.45, 7) is 6.95. The number of ketones is 1. The molecule has 6 rings (SSSR count). The van der Waals surface area contributed by atoms with Gasteiger partial charge in [0.15, 0.2) is 5.78 Å². The first-order valence-electron chi connectivity index (χ1n) is 12.9. The Morgan fingerprint density at radius 3 is 2.39 bits per heavy atom. The third kappa shape index (κ3) is 4.60. The second-order valence-electron chi connectivity index (χ2n) is 11.2. The lowest BCUT2D eigenvalue weighted by molar-refractivity contribution is -0.118. The predicted molar refractivity (Wildman–Crippen MR) is 163 cm³/mol. The molecule has 3 nitrogen and oxygen atoms in total. The van der Waals surface area contributed by atoms with E-state index in [0.29, 0.717) is 13.0 Å². The van der Waals surface area contributed by atoms with Gasteiger partial charge in [0.25, 0.3) is 0 Å². The highest BCUT2D eigenvalue weighted by Crippen LogP contribution is 2.52. The van der Waals surface area contributed by atoms with Crippen molar-refractivity contribution in [3.05, 3.63) is 110 Å². The number of aryl methyl sites for hydroxylation is 1. The number of halogens is 2. The molecule has 0 bridgehead atoms. The SMILES string of the molecule is Cc1ccc(COc2c(Br)cc([C@H]3Nc4ccc5ccccc5c4C4=C3C(=O)CC(C)(C)C4)cc2Br)cc1. The van der Waals surface area contributed by atoms with Crippen LogP contribution in [0.5, 0.6) is 5.75 Å². The number of ether oxygens (including phenoxy) is 1. The second-order valence-corrected chi connectivity index (χ2v) is 12.9. The molecule has 0 amide bonds. The number of carbonyl (C=O) groups excluding carboxylic acids is 1. The molecule has 0 saturated carbocycles. The van der Waals surface area contributed by atoms with E-state index in [1.165, 1.54) is 27.5 Å². The van der Waals surface area contributed by atoms with Gasteiger partial charge in [0.2, 0.25) is 0 Å². The monoisotopic (exact) mass is 629 g/mol. The molecule has 0 unspecified atom stereocenters. The summed E-state index contributed by atoms with van der Waals surface area (Å²) in [5.41, 5.74) is 7.59. The lowest BCUT2D eigenvalue weighted by Crippen LogP contribution is -2.33. The number of hydrogen-bond donors (Lipinski definition) is 1. The molecule has 1 atom stereocenters. The lowest BCUT2D eigenvalue weighted by Gasteiger charge is -2.40. The van der Waals surface area contributed by atoms with Crippen LogP contribution in [0.15, 0.2) is 87.3 Å². The number of anilines is 1. The zero-order chi connectivity index (χ0) is 26.6. The van der Waals surface area contributed by atoms with Crippen LogP contribution in [-0.4, -0.2) is 5.78 Å². The minimum atomic E-state index is -0.235. The van der Waals surface area contributed by atoms with Crippen molar-refractivity contribution >= 4 is 59.7 Å². The summed E-state index contributed by atoms with van der Waals surface area (Å²) in [5.74, 6) is 0.973. The highest BCUT2D eigenvalue weighted by atomic mass is 79.9. The van der Waals surface area contributed by atoms with E-state index < -0.39 is 0 Å². The van der Waals surface area contributed by atoms with Crippen molar-refractivity contribution in [2.45, 2.75) is 46.3 Å². The number of benzene rings is 4. The van der Waals surface area contributed by atoms with E-state index in [-0.39, 0.29) is 17.2 Å².